The maximum Gasteiger partial charge on any atom is 0.0877 e. The van der Waals surface area contributed by atoms with Crippen LogP contribution in [0.3, 0.4) is 0 Å². The first-order valence-electron chi connectivity index (χ1n) is 3.40. The topological polar surface area (TPSA) is 28.7 Å². The molecule has 1 rings (SSSR count). The number of hydrogen-bond acceptors (Lipinski definition) is 1. The van der Waals surface area contributed by atoms with E-state index in [4.69, 9.17) is 0 Å². The van der Waals surface area contributed by atoms with Crippen molar-refractivity contribution in [2.24, 2.45) is 0 Å². The third-order valence-electron chi connectivity index (χ3n) is 1.62. The van der Waals surface area contributed by atoms with Gasteiger partial charge in [0.15, 0.2) is 0 Å². The second kappa shape index (κ2) is 2.69. The molecule has 0 atom stereocenters. The van der Waals surface area contributed by atoms with Crippen LogP contribution in [0.25, 0.3) is 6.08 Å². The van der Waals surface area contributed by atoms with Crippen LogP contribution in [0.2, 0.25) is 0 Å². The van der Waals surface area contributed by atoms with Crippen LogP contribution in [-0.2, 0) is 0 Å². The Morgan fingerprint density at radius 3 is 2.50 bits per heavy atom. The fourth-order valence-corrected chi connectivity index (χ4v) is 0.824. The van der Waals surface area contributed by atoms with Gasteiger partial charge in [0.25, 0.3) is 0 Å². The molecule has 0 aliphatic rings. The number of nitrogens with one attached hydrogen (secondary N) is 1. The van der Waals surface area contributed by atoms with Gasteiger partial charge < -0.3 is 0 Å². The monoisotopic (exact) mass is 136 g/mol. The highest BCUT2D eigenvalue weighted by Gasteiger charge is 1.99. The number of rotatable bonds is 1. The lowest BCUT2D eigenvalue weighted by molar-refractivity contribution is 1.04. The molecule has 0 aliphatic carbocycles. The molecule has 0 unspecified atom stereocenters. The molecule has 0 spiro atoms. The lowest BCUT2D eigenvalue weighted by atomic mass is 10.2. The predicted molar refractivity (Wildman–Crippen MR) is 42.8 cm³/mol. The molecule has 0 bridgehead atoms. The molecule has 1 aromatic heterocycles. The molecule has 0 aromatic carbocycles. The summed E-state index contributed by atoms with van der Waals surface area (Å²) in [6, 6.07) is 0. The Labute approximate surface area is 61.0 Å². The summed E-state index contributed by atoms with van der Waals surface area (Å²) in [7, 11) is 0. The molecule has 0 radical (unpaired) electrons. The quantitative estimate of drug-likeness (QED) is 0.629. The number of aromatic amines is 1. The number of H-pyrrole nitrogens is 1. The second-order valence-electron chi connectivity index (χ2n) is 2.36. The van der Waals surface area contributed by atoms with Gasteiger partial charge in [0, 0.05) is 5.69 Å². The summed E-state index contributed by atoms with van der Waals surface area (Å²) in [6.45, 7) is 6.08. The van der Waals surface area contributed by atoms with E-state index in [1.165, 1.54) is 5.56 Å². The summed E-state index contributed by atoms with van der Waals surface area (Å²) < 4.78 is 0. The van der Waals surface area contributed by atoms with Crippen molar-refractivity contribution >= 4 is 6.08 Å². The third kappa shape index (κ3) is 1.10. The van der Waals surface area contributed by atoms with Crippen molar-refractivity contribution in [2.45, 2.75) is 20.8 Å². The van der Waals surface area contributed by atoms with Gasteiger partial charge in [0.2, 0.25) is 0 Å². The van der Waals surface area contributed by atoms with Gasteiger partial charge in [-0.1, -0.05) is 6.08 Å². The number of hydrogen-bond donors (Lipinski definition) is 1. The van der Waals surface area contributed by atoms with Crippen molar-refractivity contribution in [1.29, 1.82) is 0 Å². The highest BCUT2D eigenvalue weighted by atomic mass is 15.1. The lowest BCUT2D eigenvalue weighted by Crippen LogP contribution is -1.74. The Hall–Kier alpha value is -1.05. The van der Waals surface area contributed by atoms with E-state index in [1.54, 1.807) is 0 Å². The second-order valence-corrected chi connectivity index (χ2v) is 2.36. The van der Waals surface area contributed by atoms with E-state index in [2.05, 4.69) is 17.1 Å². The van der Waals surface area contributed by atoms with Crippen LogP contribution in [0.4, 0.5) is 0 Å². The maximum atomic E-state index is 4.09. The van der Waals surface area contributed by atoms with E-state index in [0.29, 0.717) is 0 Å². The minimum atomic E-state index is 1.04. The van der Waals surface area contributed by atoms with E-state index >= 15 is 0 Å². The van der Waals surface area contributed by atoms with Gasteiger partial charge in [-0.2, -0.15) is 5.10 Å². The highest BCUT2D eigenvalue weighted by molar-refractivity contribution is 5.49. The van der Waals surface area contributed by atoms with Gasteiger partial charge >= 0.3 is 0 Å². The molecular formula is C8H12N2. The number of aryl methyl sites for hydroxylation is 1. The van der Waals surface area contributed by atoms with Crippen LogP contribution in [-0.4, -0.2) is 10.2 Å². The fourth-order valence-electron chi connectivity index (χ4n) is 0.824. The van der Waals surface area contributed by atoms with E-state index in [0.717, 1.165) is 11.4 Å². The molecule has 1 heterocycles. The van der Waals surface area contributed by atoms with E-state index in [1.807, 2.05) is 26.0 Å². The molecule has 0 fully saturated rings. The van der Waals surface area contributed by atoms with Gasteiger partial charge in [-0.25, -0.2) is 0 Å². The average molecular weight is 136 g/mol. The van der Waals surface area contributed by atoms with Gasteiger partial charge in [-0.05, 0) is 32.4 Å². The van der Waals surface area contributed by atoms with Crippen LogP contribution in [0, 0.1) is 13.8 Å². The number of allylic oxidation sites excluding steroid dienone is 1. The molecular weight excluding hydrogens is 124 g/mol. The SMILES string of the molecule is C/C=C/c1n[nH]c(C)c1C. The van der Waals surface area contributed by atoms with Crippen molar-refractivity contribution < 1.29 is 0 Å². The smallest absolute Gasteiger partial charge is 0.0877 e. The van der Waals surface area contributed by atoms with Gasteiger partial charge in [0.05, 0.1) is 5.69 Å². The molecule has 0 saturated carbocycles. The normalized spacial score (nSPS) is 11.1. The van der Waals surface area contributed by atoms with Gasteiger partial charge in [-0.3, -0.25) is 5.10 Å². The summed E-state index contributed by atoms with van der Waals surface area (Å²) in [6.07, 6.45) is 3.99. The fraction of sp³-hybridized carbons (Fsp3) is 0.375. The maximum absolute atomic E-state index is 4.09. The molecule has 0 aliphatic heterocycles. The Bertz CT molecular complexity index is 246. The first-order chi connectivity index (χ1) is 4.75. The highest BCUT2D eigenvalue weighted by Crippen LogP contribution is 2.09. The summed E-state index contributed by atoms with van der Waals surface area (Å²) in [5.41, 5.74) is 3.42. The number of nitrogens with zero attached hydrogens (tertiary/aromatic N) is 1. The summed E-state index contributed by atoms with van der Waals surface area (Å²) >= 11 is 0. The molecule has 1 N–H and O–H groups in total. The lowest BCUT2D eigenvalue weighted by Gasteiger charge is -1.86. The van der Waals surface area contributed by atoms with Crippen molar-refractivity contribution in [3.63, 3.8) is 0 Å². The van der Waals surface area contributed by atoms with E-state index < -0.39 is 0 Å². The van der Waals surface area contributed by atoms with Crippen LogP contribution < -0.4 is 0 Å². The van der Waals surface area contributed by atoms with Crippen molar-refractivity contribution in [3.05, 3.63) is 23.0 Å². The molecule has 2 heteroatoms. The third-order valence-corrected chi connectivity index (χ3v) is 1.62. The van der Waals surface area contributed by atoms with Gasteiger partial charge in [-0.15, -0.1) is 0 Å². The average Bonchev–Trinajstić information content (AvgIpc) is 2.20. The molecule has 2 nitrogen and oxygen atoms in total. The molecule has 54 valence electrons. The standard InChI is InChI=1S/C8H12N2/c1-4-5-8-6(2)7(3)9-10-8/h4-5H,1-3H3,(H,9,10)/b5-4+. The Morgan fingerprint density at radius 1 is 1.40 bits per heavy atom. The van der Waals surface area contributed by atoms with Gasteiger partial charge in [0.1, 0.15) is 0 Å². The first-order valence-corrected chi connectivity index (χ1v) is 3.40. The van der Waals surface area contributed by atoms with Crippen molar-refractivity contribution in [3.8, 4) is 0 Å². The summed E-state index contributed by atoms with van der Waals surface area (Å²) in [5, 5.41) is 7.01. The zero-order valence-electron chi connectivity index (χ0n) is 6.60. The van der Waals surface area contributed by atoms with Crippen LogP contribution in [0.15, 0.2) is 6.08 Å². The molecule has 0 saturated heterocycles. The minimum absolute atomic E-state index is 1.04. The van der Waals surface area contributed by atoms with Crippen LogP contribution in [0.5, 0.6) is 0 Å². The Kier molecular flexibility index (Phi) is 1.90. The summed E-state index contributed by atoms with van der Waals surface area (Å²) in [4.78, 5) is 0. The van der Waals surface area contributed by atoms with Crippen molar-refractivity contribution in [1.82, 2.24) is 10.2 Å². The zero-order chi connectivity index (χ0) is 7.56. The first kappa shape index (κ1) is 7.06. The minimum Gasteiger partial charge on any atom is -0.282 e. The molecule has 1 aromatic rings. The number of aromatic nitrogens is 2. The summed E-state index contributed by atoms with van der Waals surface area (Å²) in [5.74, 6) is 0. The van der Waals surface area contributed by atoms with Crippen LogP contribution in [0.1, 0.15) is 23.9 Å². The van der Waals surface area contributed by atoms with Crippen molar-refractivity contribution in [2.75, 3.05) is 0 Å². The van der Waals surface area contributed by atoms with Crippen LogP contribution >= 0.6 is 0 Å². The van der Waals surface area contributed by atoms with E-state index in [9.17, 15) is 0 Å². The van der Waals surface area contributed by atoms with E-state index in [-0.39, 0.29) is 0 Å². The largest absolute Gasteiger partial charge is 0.282 e. The predicted octanol–water partition coefficient (Wildman–Crippen LogP) is 2.06. The molecule has 0 amide bonds. The molecule has 10 heavy (non-hydrogen) atoms. The zero-order valence-corrected chi connectivity index (χ0v) is 6.60. The Balaban J connectivity index is 3.05. The Morgan fingerprint density at radius 2 is 2.10 bits per heavy atom.